The third-order valence-electron chi connectivity index (χ3n) is 5.24. The lowest BCUT2D eigenvalue weighted by atomic mass is 10.0. The van der Waals surface area contributed by atoms with E-state index < -0.39 is 0 Å². The van der Waals surface area contributed by atoms with Gasteiger partial charge in [0, 0.05) is 16.7 Å². The molecule has 0 saturated heterocycles. The molecule has 0 saturated carbocycles. The lowest BCUT2D eigenvalue weighted by Gasteiger charge is -2.02. The van der Waals surface area contributed by atoms with Crippen LogP contribution in [0.15, 0.2) is 66.7 Å². The fourth-order valence-corrected chi connectivity index (χ4v) is 3.30. The van der Waals surface area contributed by atoms with Crippen LogP contribution in [0.3, 0.4) is 0 Å². The molecule has 0 aliphatic rings. The van der Waals surface area contributed by atoms with E-state index in [1.165, 1.54) is 49.3 Å². The van der Waals surface area contributed by atoms with Crippen LogP contribution < -0.4 is 0 Å². The monoisotopic (exact) mass is 408 g/mol. The molecule has 0 fully saturated rings. The fraction of sp³-hybridized carbons (Fsp3) is 0.267. The van der Waals surface area contributed by atoms with Crippen molar-refractivity contribution in [1.82, 2.24) is 0 Å². The van der Waals surface area contributed by atoms with E-state index in [0.29, 0.717) is 11.1 Å². The first kappa shape index (κ1) is 22.4. The zero-order valence-electron chi connectivity index (χ0n) is 18.5. The molecule has 31 heavy (non-hydrogen) atoms. The molecule has 0 radical (unpaired) electrons. The molecule has 0 bridgehead atoms. The second-order valence-electron chi connectivity index (χ2n) is 7.92. The largest absolute Gasteiger partial charge is 0.206 e. The summed E-state index contributed by atoms with van der Waals surface area (Å²) < 4.78 is 14.4. The Kier molecular flexibility index (Phi) is 8.51. The Bertz CT molecular complexity index is 1100. The highest BCUT2D eigenvalue weighted by Crippen LogP contribution is 2.12. The summed E-state index contributed by atoms with van der Waals surface area (Å²) in [7, 11) is 0. The van der Waals surface area contributed by atoms with E-state index in [-0.39, 0.29) is 5.82 Å². The van der Waals surface area contributed by atoms with E-state index >= 15 is 0 Å². The van der Waals surface area contributed by atoms with Gasteiger partial charge >= 0.3 is 0 Å². The minimum atomic E-state index is -0.343. The normalized spacial score (nSPS) is 10.0. The van der Waals surface area contributed by atoms with E-state index in [2.05, 4.69) is 42.7 Å². The molecule has 3 rings (SSSR count). The number of aryl methyl sites for hydroxylation is 2. The Morgan fingerprint density at radius 3 is 1.90 bits per heavy atom. The number of rotatable bonds is 6. The van der Waals surface area contributed by atoms with Crippen molar-refractivity contribution in [3.8, 4) is 23.7 Å². The van der Waals surface area contributed by atoms with Gasteiger partial charge in [-0.2, -0.15) is 0 Å². The topological polar surface area (TPSA) is 0 Å². The standard InChI is InChI=1S/C30H29F/c1-3-4-5-6-7-8-25-13-15-27(16-14-25)17-18-28-20-22-29(30(31)23-28)21-19-26-11-9-24(2)10-12-26/h9-16,20,22-23H,3-8H2,1-2H3. The predicted octanol–water partition coefficient (Wildman–Crippen LogP) is 7.45. The first-order valence-corrected chi connectivity index (χ1v) is 11.1. The Labute approximate surface area is 186 Å². The maximum atomic E-state index is 14.4. The maximum absolute atomic E-state index is 14.4. The van der Waals surface area contributed by atoms with E-state index in [1.807, 2.05) is 49.4 Å². The molecule has 0 aliphatic carbocycles. The Morgan fingerprint density at radius 1 is 0.645 bits per heavy atom. The van der Waals surface area contributed by atoms with Gasteiger partial charge in [-0.25, -0.2) is 4.39 Å². The van der Waals surface area contributed by atoms with Gasteiger partial charge < -0.3 is 0 Å². The zero-order chi connectivity index (χ0) is 21.9. The molecule has 0 spiro atoms. The first-order valence-electron chi connectivity index (χ1n) is 11.1. The van der Waals surface area contributed by atoms with Gasteiger partial charge in [-0.1, -0.05) is 86.1 Å². The summed E-state index contributed by atoms with van der Waals surface area (Å²) in [6.07, 6.45) is 7.59. The second-order valence-corrected chi connectivity index (χ2v) is 7.92. The summed E-state index contributed by atoms with van der Waals surface area (Å²) >= 11 is 0. The molecule has 3 aromatic rings. The lowest BCUT2D eigenvalue weighted by Crippen LogP contribution is -1.87. The molecular formula is C30H29F. The van der Waals surface area contributed by atoms with E-state index in [4.69, 9.17) is 0 Å². The summed E-state index contributed by atoms with van der Waals surface area (Å²) in [4.78, 5) is 0. The van der Waals surface area contributed by atoms with Gasteiger partial charge in [0.15, 0.2) is 0 Å². The van der Waals surface area contributed by atoms with Crippen molar-refractivity contribution in [2.75, 3.05) is 0 Å². The van der Waals surface area contributed by atoms with Crippen LogP contribution in [-0.4, -0.2) is 0 Å². The molecule has 0 aromatic heterocycles. The Morgan fingerprint density at radius 2 is 1.23 bits per heavy atom. The highest BCUT2D eigenvalue weighted by molar-refractivity contribution is 5.49. The summed E-state index contributed by atoms with van der Waals surface area (Å²) in [5, 5.41) is 0. The molecule has 0 heterocycles. The second kappa shape index (κ2) is 11.8. The third-order valence-corrected chi connectivity index (χ3v) is 5.24. The van der Waals surface area contributed by atoms with Gasteiger partial charge in [-0.05, 0) is 67.8 Å². The van der Waals surface area contributed by atoms with Crippen LogP contribution in [0.4, 0.5) is 4.39 Å². The van der Waals surface area contributed by atoms with Crippen LogP contribution in [0.1, 0.15) is 72.4 Å². The van der Waals surface area contributed by atoms with Gasteiger partial charge in [0.25, 0.3) is 0 Å². The quantitative estimate of drug-likeness (QED) is 0.293. The molecule has 0 aliphatic heterocycles. The minimum absolute atomic E-state index is 0.343. The van der Waals surface area contributed by atoms with Gasteiger partial charge in [-0.3, -0.25) is 0 Å². The average Bonchev–Trinajstić information content (AvgIpc) is 2.79. The van der Waals surface area contributed by atoms with E-state index in [9.17, 15) is 4.39 Å². The van der Waals surface area contributed by atoms with Crippen molar-refractivity contribution in [2.45, 2.75) is 52.4 Å². The van der Waals surface area contributed by atoms with Crippen molar-refractivity contribution in [3.63, 3.8) is 0 Å². The maximum Gasteiger partial charge on any atom is 0.140 e. The lowest BCUT2D eigenvalue weighted by molar-refractivity contribution is 0.624. The van der Waals surface area contributed by atoms with Gasteiger partial charge in [-0.15, -0.1) is 0 Å². The smallest absolute Gasteiger partial charge is 0.140 e. The molecule has 1 heteroatoms. The molecule has 156 valence electrons. The molecule has 0 nitrogen and oxygen atoms in total. The van der Waals surface area contributed by atoms with E-state index in [0.717, 1.165) is 17.5 Å². The molecule has 0 unspecified atom stereocenters. The highest BCUT2D eigenvalue weighted by Gasteiger charge is 2.00. The Hall–Kier alpha value is -3.29. The number of benzene rings is 3. The van der Waals surface area contributed by atoms with Crippen LogP contribution in [0, 0.1) is 36.4 Å². The van der Waals surface area contributed by atoms with Gasteiger partial charge in [0.1, 0.15) is 5.82 Å². The molecule has 0 N–H and O–H groups in total. The number of unbranched alkanes of at least 4 members (excludes halogenated alkanes) is 4. The van der Waals surface area contributed by atoms with Crippen LogP contribution >= 0.6 is 0 Å². The van der Waals surface area contributed by atoms with Gasteiger partial charge in [0.2, 0.25) is 0 Å². The molecule has 0 atom stereocenters. The van der Waals surface area contributed by atoms with Crippen molar-refractivity contribution >= 4 is 0 Å². The van der Waals surface area contributed by atoms with Crippen LogP contribution in [-0.2, 0) is 6.42 Å². The average molecular weight is 409 g/mol. The van der Waals surface area contributed by atoms with Gasteiger partial charge in [0.05, 0.1) is 5.56 Å². The van der Waals surface area contributed by atoms with Crippen molar-refractivity contribution < 1.29 is 4.39 Å². The summed E-state index contributed by atoms with van der Waals surface area (Å²) in [5.74, 6) is 11.8. The zero-order valence-corrected chi connectivity index (χ0v) is 18.5. The van der Waals surface area contributed by atoms with E-state index in [1.54, 1.807) is 6.07 Å². The Balaban J connectivity index is 1.60. The summed E-state index contributed by atoms with van der Waals surface area (Å²) in [6.45, 7) is 4.27. The summed E-state index contributed by atoms with van der Waals surface area (Å²) in [6, 6.07) is 21.2. The van der Waals surface area contributed by atoms with Crippen LogP contribution in [0.5, 0.6) is 0 Å². The number of halogens is 1. The molecule has 3 aromatic carbocycles. The summed E-state index contributed by atoms with van der Waals surface area (Å²) in [5.41, 5.74) is 5.38. The van der Waals surface area contributed by atoms with Crippen molar-refractivity contribution in [2.24, 2.45) is 0 Å². The molecular weight excluding hydrogens is 379 g/mol. The molecule has 0 amide bonds. The predicted molar refractivity (Wildman–Crippen MR) is 128 cm³/mol. The van der Waals surface area contributed by atoms with Crippen LogP contribution in [0.25, 0.3) is 0 Å². The van der Waals surface area contributed by atoms with Crippen molar-refractivity contribution in [1.29, 1.82) is 0 Å². The first-order chi connectivity index (χ1) is 15.1. The van der Waals surface area contributed by atoms with Crippen molar-refractivity contribution in [3.05, 3.63) is 106 Å². The fourth-order valence-electron chi connectivity index (χ4n) is 3.30. The van der Waals surface area contributed by atoms with Crippen LogP contribution in [0.2, 0.25) is 0 Å². The minimum Gasteiger partial charge on any atom is -0.206 e. The SMILES string of the molecule is CCCCCCCc1ccc(C#Cc2ccc(C#Cc3ccc(C)cc3)c(F)c2)cc1. The third kappa shape index (κ3) is 7.47. The number of hydrogen-bond donors (Lipinski definition) is 0. The highest BCUT2D eigenvalue weighted by atomic mass is 19.1. The number of hydrogen-bond acceptors (Lipinski definition) is 0.